The van der Waals surface area contributed by atoms with Crippen LogP contribution in [0.3, 0.4) is 0 Å². The topological polar surface area (TPSA) is 82.1 Å². The maximum absolute atomic E-state index is 12.7. The molecule has 10 heteroatoms. The zero-order valence-electron chi connectivity index (χ0n) is 15.1. The van der Waals surface area contributed by atoms with Crippen LogP contribution in [0, 0.1) is 0 Å². The molecule has 30 heavy (non-hydrogen) atoms. The lowest BCUT2D eigenvalue weighted by Crippen LogP contribution is -2.12. The lowest BCUT2D eigenvalue weighted by atomic mass is 10.1. The fourth-order valence-electron chi connectivity index (χ4n) is 2.61. The molecule has 0 spiro atoms. The average molecular weight is 454 g/mol. The van der Waals surface area contributed by atoms with Gasteiger partial charge >= 0.3 is 6.18 Å². The van der Waals surface area contributed by atoms with E-state index in [0.29, 0.717) is 28.6 Å². The molecule has 0 aliphatic heterocycles. The molecule has 0 aliphatic carbocycles. The second kappa shape index (κ2) is 8.95. The lowest BCUT2D eigenvalue weighted by Gasteiger charge is -2.11. The van der Waals surface area contributed by atoms with Gasteiger partial charge in [-0.3, -0.25) is 14.0 Å². The summed E-state index contributed by atoms with van der Waals surface area (Å²) in [5, 5.41) is 2.92. The highest BCUT2D eigenvalue weighted by Gasteiger charge is 2.30. The Kier molecular flexibility index (Phi) is 6.55. The van der Waals surface area contributed by atoms with Crippen molar-refractivity contribution in [1.29, 1.82) is 0 Å². The summed E-state index contributed by atoms with van der Waals surface area (Å²) in [5.41, 5.74) is 0.916. The molecule has 2 aromatic carbocycles. The normalized spacial score (nSPS) is 12.4. The van der Waals surface area contributed by atoms with Crippen molar-refractivity contribution in [3.05, 3.63) is 82.5 Å². The van der Waals surface area contributed by atoms with Gasteiger partial charge in [0, 0.05) is 28.8 Å². The van der Waals surface area contributed by atoms with Crippen LogP contribution in [0.25, 0.3) is 11.3 Å². The van der Waals surface area contributed by atoms with Crippen molar-refractivity contribution in [1.82, 2.24) is 4.98 Å². The summed E-state index contributed by atoms with van der Waals surface area (Å²) in [6, 6.07) is 12.7. The summed E-state index contributed by atoms with van der Waals surface area (Å²) in [6.07, 6.45) is -3.78. The number of anilines is 1. The Morgan fingerprint density at radius 3 is 2.37 bits per heavy atom. The molecule has 1 N–H and O–H groups in total. The van der Waals surface area contributed by atoms with Gasteiger partial charge in [0.05, 0.1) is 16.3 Å². The Bertz CT molecular complexity index is 1090. The summed E-state index contributed by atoms with van der Waals surface area (Å²) in [6.45, 7) is 0. The molecule has 1 unspecified atom stereocenters. The number of carbonyl (C=O) groups excluding carboxylic acids is 1. The molecule has 1 atom stereocenters. The van der Waals surface area contributed by atoms with Gasteiger partial charge in [0.25, 0.3) is 5.91 Å². The van der Waals surface area contributed by atoms with Crippen molar-refractivity contribution in [2.45, 2.75) is 11.9 Å². The van der Waals surface area contributed by atoms with Gasteiger partial charge in [-0.1, -0.05) is 34.8 Å². The van der Waals surface area contributed by atoms with Crippen molar-refractivity contribution in [2.75, 3.05) is 5.32 Å². The molecule has 1 aromatic heterocycles. The number of alkyl halides is 3. The third kappa shape index (κ3) is 5.44. The van der Waals surface area contributed by atoms with Crippen LogP contribution in [-0.4, -0.2) is 19.7 Å². The summed E-state index contributed by atoms with van der Waals surface area (Å²) >= 11 is 3.92. The zero-order valence-corrected chi connectivity index (χ0v) is 16.6. The minimum absolute atomic E-state index is 0.150. The van der Waals surface area contributed by atoms with Crippen molar-refractivity contribution < 1.29 is 26.7 Å². The number of nitrogens with zero attached hydrogens (tertiary/aromatic N) is 1. The van der Waals surface area contributed by atoms with E-state index in [2.05, 4.69) is 10.3 Å². The SMILES string of the molecule is O=C(Nc1ccc(Cl)c(-c2ccc(C(F)(F)F)cn2)c1)c1ccc(CS(=O)[O-])cc1. The molecular weight excluding hydrogens is 441 g/mol. The second-order valence-electron chi connectivity index (χ2n) is 6.22. The molecule has 3 aromatic rings. The van der Waals surface area contributed by atoms with E-state index in [4.69, 9.17) is 11.6 Å². The third-order valence-electron chi connectivity index (χ3n) is 4.09. The van der Waals surface area contributed by atoms with Crippen LogP contribution in [0.1, 0.15) is 21.5 Å². The first kappa shape index (κ1) is 21.9. The predicted molar refractivity (Wildman–Crippen MR) is 107 cm³/mol. The molecule has 156 valence electrons. The van der Waals surface area contributed by atoms with Crippen molar-refractivity contribution >= 4 is 34.3 Å². The summed E-state index contributed by atoms with van der Waals surface area (Å²) in [5.74, 6) is -0.596. The lowest BCUT2D eigenvalue weighted by molar-refractivity contribution is -0.137. The van der Waals surface area contributed by atoms with Gasteiger partial charge in [0.15, 0.2) is 0 Å². The first-order chi connectivity index (χ1) is 14.1. The number of halogens is 4. The number of hydrogen-bond acceptors (Lipinski definition) is 4. The van der Waals surface area contributed by atoms with Crippen molar-refractivity contribution in [2.24, 2.45) is 0 Å². The van der Waals surface area contributed by atoms with Gasteiger partial charge < -0.3 is 9.87 Å². The number of nitrogens with one attached hydrogen (secondary N) is 1. The molecule has 5 nitrogen and oxygen atoms in total. The molecule has 0 bridgehead atoms. The van der Waals surface area contributed by atoms with Crippen LogP contribution in [0.4, 0.5) is 18.9 Å². The van der Waals surface area contributed by atoms with Crippen LogP contribution in [0.15, 0.2) is 60.8 Å². The molecule has 0 aliphatic rings. The standard InChI is InChI=1S/C20H14ClF3N2O3S/c21-17-7-6-15(9-16(17)18-8-5-14(10-25-18)20(22,23)24)26-19(27)13-3-1-12(2-4-13)11-30(28)29/h1-10H,11H2,(H,26,27)(H,28,29)/p-1. The number of amides is 1. The average Bonchev–Trinajstić information content (AvgIpc) is 2.69. The first-order valence-corrected chi connectivity index (χ1v) is 10.0. The fraction of sp³-hybridized carbons (Fsp3) is 0.100. The second-order valence-corrected chi connectivity index (χ2v) is 7.53. The maximum atomic E-state index is 12.7. The third-order valence-corrected chi connectivity index (χ3v) is 4.99. The van der Waals surface area contributed by atoms with Crippen LogP contribution < -0.4 is 5.32 Å². The summed E-state index contributed by atoms with van der Waals surface area (Å²) in [4.78, 5) is 16.2. The minimum Gasteiger partial charge on any atom is -0.772 e. The van der Waals surface area contributed by atoms with Crippen LogP contribution in [0.5, 0.6) is 0 Å². The molecule has 3 rings (SSSR count). The number of aromatic nitrogens is 1. The molecule has 0 saturated carbocycles. The number of rotatable bonds is 5. The predicted octanol–water partition coefficient (Wildman–Crippen LogP) is 5.05. The highest BCUT2D eigenvalue weighted by molar-refractivity contribution is 7.78. The summed E-state index contributed by atoms with van der Waals surface area (Å²) in [7, 11) is 0. The van der Waals surface area contributed by atoms with Gasteiger partial charge in [0.2, 0.25) is 0 Å². The molecule has 0 saturated heterocycles. The first-order valence-electron chi connectivity index (χ1n) is 8.43. The highest BCUT2D eigenvalue weighted by Crippen LogP contribution is 2.33. The number of pyridine rings is 1. The largest absolute Gasteiger partial charge is 0.772 e. The van der Waals surface area contributed by atoms with E-state index in [1.807, 2.05) is 0 Å². The van der Waals surface area contributed by atoms with Gasteiger partial charge in [-0.05, 0) is 48.0 Å². The maximum Gasteiger partial charge on any atom is 0.417 e. The van der Waals surface area contributed by atoms with Crippen molar-refractivity contribution in [3.63, 3.8) is 0 Å². The van der Waals surface area contributed by atoms with E-state index in [0.717, 1.165) is 6.07 Å². The monoisotopic (exact) mass is 453 g/mol. The zero-order chi connectivity index (χ0) is 21.9. The van der Waals surface area contributed by atoms with Crippen LogP contribution in [0.2, 0.25) is 5.02 Å². The van der Waals surface area contributed by atoms with Gasteiger partial charge in [-0.2, -0.15) is 13.2 Å². The minimum atomic E-state index is -4.50. The number of hydrogen-bond donors (Lipinski definition) is 1. The number of carbonyl (C=O) groups is 1. The van der Waals surface area contributed by atoms with E-state index in [1.54, 1.807) is 6.07 Å². The van der Waals surface area contributed by atoms with Crippen LogP contribution >= 0.6 is 11.6 Å². The smallest absolute Gasteiger partial charge is 0.417 e. The Balaban J connectivity index is 1.79. The molecule has 0 radical (unpaired) electrons. The fourth-order valence-corrected chi connectivity index (χ4v) is 3.29. The van der Waals surface area contributed by atoms with E-state index >= 15 is 0 Å². The molecule has 1 amide bonds. The van der Waals surface area contributed by atoms with Gasteiger partial charge in [0.1, 0.15) is 0 Å². The van der Waals surface area contributed by atoms with Gasteiger partial charge in [-0.25, -0.2) is 0 Å². The Morgan fingerprint density at radius 2 is 1.80 bits per heavy atom. The van der Waals surface area contributed by atoms with E-state index in [9.17, 15) is 26.7 Å². The Morgan fingerprint density at radius 1 is 1.10 bits per heavy atom. The van der Waals surface area contributed by atoms with Crippen molar-refractivity contribution in [3.8, 4) is 11.3 Å². The van der Waals surface area contributed by atoms with Crippen LogP contribution in [-0.2, 0) is 23.0 Å². The highest BCUT2D eigenvalue weighted by atomic mass is 35.5. The molecule has 0 fully saturated rings. The quantitative estimate of drug-likeness (QED) is 0.548. The molecule has 1 heterocycles. The van der Waals surface area contributed by atoms with E-state index in [-0.39, 0.29) is 16.5 Å². The summed E-state index contributed by atoms with van der Waals surface area (Å²) < 4.78 is 59.6. The Labute approximate surface area is 177 Å². The number of benzene rings is 2. The van der Waals surface area contributed by atoms with Gasteiger partial charge in [-0.15, -0.1) is 0 Å². The van der Waals surface area contributed by atoms with E-state index < -0.39 is 28.7 Å². The Hall–Kier alpha value is -2.75. The molecular formula is C20H13ClF3N2O3S-. The van der Waals surface area contributed by atoms with E-state index in [1.165, 1.54) is 42.5 Å².